The number of esters is 1. The summed E-state index contributed by atoms with van der Waals surface area (Å²) in [4.78, 5) is 51.5. The van der Waals surface area contributed by atoms with E-state index in [0.29, 0.717) is 17.2 Å². The third-order valence-electron chi connectivity index (χ3n) is 6.85. The second-order valence-corrected chi connectivity index (χ2v) is 11.0. The molecule has 2 saturated carbocycles. The molecule has 0 radical (unpaired) electrons. The summed E-state index contributed by atoms with van der Waals surface area (Å²) in [6.07, 6.45) is 0.816. The predicted molar refractivity (Wildman–Crippen MR) is 133 cm³/mol. The van der Waals surface area contributed by atoms with Crippen molar-refractivity contribution in [3.63, 3.8) is 0 Å². The lowest BCUT2D eigenvalue weighted by Crippen LogP contribution is -2.38. The highest BCUT2D eigenvalue weighted by Gasteiger charge is 2.66. The van der Waals surface area contributed by atoms with E-state index in [-0.39, 0.29) is 33.3 Å². The van der Waals surface area contributed by atoms with Crippen molar-refractivity contribution in [2.45, 2.75) is 16.1 Å². The van der Waals surface area contributed by atoms with Crippen molar-refractivity contribution in [3.8, 4) is 11.5 Å². The van der Waals surface area contributed by atoms with Crippen LogP contribution < -0.4 is 10.1 Å². The summed E-state index contributed by atoms with van der Waals surface area (Å²) in [7, 11) is 0. The van der Waals surface area contributed by atoms with E-state index in [4.69, 9.17) is 9.47 Å². The number of carbonyl (C=O) groups is 4. The van der Waals surface area contributed by atoms with Crippen LogP contribution in [0.1, 0.15) is 6.42 Å². The first kappa shape index (κ1) is 24.0. The minimum Gasteiger partial charge on any atom is -0.457 e. The van der Waals surface area contributed by atoms with E-state index in [1.165, 1.54) is 0 Å². The molecular formula is C25H22Br2N2O6. The Kier molecular flexibility index (Phi) is 6.67. The van der Waals surface area contributed by atoms with Gasteiger partial charge in [0.1, 0.15) is 18.0 Å². The Bertz CT molecular complexity index is 1130. The van der Waals surface area contributed by atoms with Crippen LogP contribution in [0.15, 0.2) is 54.6 Å². The number of hydrogen-bond acceptors (Lipinski definition) is 6. The number of hydrogen-bond donors (Lipinski definition) is 1. The number of likely N-dealkylation sites (tertiary alicyclic amines) is 1. The minimum atomic E-state index is -0.799. The van der Waals surface area contributed by atoms with Crippen molar-refractivity contribution in [2.75, 3.05) is 18.5 Å². The molecule has 10 heteroatoms. The fourth-order valence-corrected chi connectivity index (χ4v) is 7.19. The molecule has 1 heterocycles. The first-order valence-electron chi connectivity index (χ1n) is 11.3. The summed E-state index contributed by atoms with van der Waals surface area (Å²) in [5.74, 6) is -1.32. The van der Waals surface area contributed by atoms with Crippen LogP contribution in [0.4, 0.5) is 5.69 Å². The summed E-state index contributed by atoms with van der Waals surface area (Å²) < 4.78 is 10.7. The highest BCUT2D eigenvalue weighted by Crippen LogP contribution is 2.60. The summed E-state index contributed by atoms with van der Waals surface area (Å²) in [5, 5.41) is 2.63. The van der Waals surface area contributed by atoms with Gasteiger partial charge in [0.15, 0.2) is 6.61 Å². The number of anilines is 1. The number of ether oxygens (including phenoxy) is 2. The molecule has 8 nitrogen and oxygen atoms in total. The van der Waals surface area contributed by atoms with Gasteiger partial charge in [0.25, 0.3) is 5.91 Å². The van der Waals surface area contributed by atoms with Gasteiger partial charge in [0.2, 0.25) is 11.8 Å². The first-order valence-corrected chi connectivity index (χ1v) is 13.1. The smallest absolute Gasteiger partial charge is 0.326 e. The molecule has 2 aromatic carbocycles. The van der Waals surface area contributed by atoms with Crippen molar-refractivity contribution in [1.29, 1.82) is 0 Å². The van der Waals surface area contributed by atoms with Crippen LogP contribution in [0.2, 0.25) is 0 Å². The SMILES string of the molecule is O=C(COC(=O)CN1C(=O)[C@@H]2[C@H]3C[C@@H]([C@H](Br)[C@H]3Br)[C@@H]2C1=O)Nc1ccc(Oc2ccccc2)cc1. The molecule has 35 heavy (non-hydrogen) atoms. The Morgan fingerprint density at radius 3 is 2.06 bits per heavy atom. The van der Waals surface area contributed by atoms with Gasteiger partial charge in [-0.3, -0.25) is 24.1 Å². The predicted octanol–water partition coefficient (Wildman–Crippen LogP) is 3.74. The normalized spacial score (nSPS) is 28.7. The Morgan fingerprint density at radius 1 is 0.886 bits per heavy atom. The zero-order valence-electron chi connectivity index (χ0n) is 18.4. The molecule has 0 unspecified atom stereocenters. The molecule has 182 valence electrons. The van der Waals surface area contributed by atoms with Crippen molar-refractivity contribution < 1.29 is 28.7 Å². The number of imide groups is 1. The van der Waals surface area contributed by atoms with Crippen LogP contribution in [0.5, 0.6) is 11.5 Å². The third kappa shape index (κ3) is 4.61. The first-order chi connectivity index (χ1) is 16.8. The molecule has 2 aromatic rings. The highest BCUT2D eigenvalue weighted by atomic mass is 79.9. The zero-order valence-corrected chi connectivity index (χ0v) is 21.6. The van der Waals surface area contributed by atoms with E-state index >= 15 is 0 Å². The van der Waals surface area contributed by atoms with Crippen molar-refractivity contribution in [3.05, 3.63) is 54.6 Å². The van der Waals surface area contributed by atoms with Gasteiger partial charge in [0, 0.05) is 15.3 Å². The Hall–Kier alpha value is -2.72. The monoisotopic (exact) mass is 604 g/mol. The van der Waals surface area contributed by atoms with Crippen LogP contribution in [0, 0.1) is 23.7 Å². The number of amides is 3. The second kappa shape index (κ2) is 9.73. The fraction of sp³-hybridized carbons (Fsp3) is 0.360. The topological polar surface area (TPSA) is 102 Å². The molecule has 0 spiro atoms. The van der Waals surface area contributed by atoms with Crippen LogP contribution >= 0.6 is 31.9 Å². The van der Waals surface area contributed by atoms with Crippen LogP contribution in [-0.2, 0) is 23.9 Å². The number of benzene rings is 2. The van der Waals surface area contributed by atoms with E-state index < -0.39 is 36.9 Å². The summed E-state index contributed by atoms with van der Waals surface area (Å²) >= 11 is 7.26. The number of halogens is 2. The molecule has 3 amide bonds. The van der Waals surface area contributed by atoms with E-state index in [2.05, 4.69) is 37.2 Å². The maximum Gasteiger partial charge on any atom is 0.326 e. The summed E-state index contributed by atoms with van der Waals surface area (Å²) in [6, 6.07) is 16.0. The van der Waals surface area contributed by atoms with E-state index in [9.17, 15) is 19.2 Å². The van der Waals surface area contributed by atoms with Gasteiger partial charge in [-0.1, -0.05) is 50.1 Å². The van der Waals surface area contributed by atoms with Gasteiger partial charge in [-0.2, -0.15) is 0 Å². The average Bonchev–Trinajstić information content (AvgIpc) is 3.46. The van der Waals surface area contributed by atoms with Crippen molar-refractivity contribution in [2.24, 2.45) is 23.7 Å². The van der Waals surface area contributed by atoms with Gasteiger partial charge < -0.3 is 14.8 Å². The van der Waals surface area contributed by atoms with E-state index in [1.54, 1.807) is 24.3 Å². The van der Waals surface area contributed by atoms with Gasteiger partial charge in [-0.05, 0) is 54.7 Å². The summed E-state index contributed by atoms with van der Waals surface area (Å²) in [5.41, 5.74) is 0.508. The molecule has 1 N–H and O–H groups in total. The third-order valence-corrected chi connectivity index (χ3v) is 10.1. The number of para-hydroxylation sites is 1. The summed E-state index contributed by atoms with van der Waals surface area (Å²) in [6.45, 7) is -1.01. The van der Waals surface area contributed by atoms with Crippen LogP contribution in [-0.4, -0.2) is 51.4 Å². The molecule has 1 aliphatic heterocycles. The molecule has 5 rings (SSSR count). The lowest BCUT2D eigenvalue weighted by atomic mass is 9.81. The Morgan fingerprint density at radius 2 is 1.46 bits per heavy atom. The Balaban J connectivity index is 1.10. The van der Waals surface area contributed by atoms with E-state index in [0.717, 1.165) is 11.3 Å². The van der Waals surface area contributed by atoms with Gasteiger partial charge in [-0.25, -0.2) is 0 Å². The molecule has 2 bridgehead atoms. The average molecular weight is 606 g/mol. The number of carbonyl (C=O) groups excluding carboxylic acids is 4. The largest absolute Gasteiger partial charge is 0.457 e. The number of nitrogens with one attached hydrogen (secondary N) is 1. The maximum atomic E-state index is 12.9. The van der Waals surface area contributed by atoms with Crippen molar-refractivity contribution in [1.82, 2.24) is 4.90 Å². The lowest BCUT2D eigenvalue weighted by Gasteiger charge is -2.28. The molecule has 1 saturated heterocycles. The van der Waals surface area contributed by atoms with Crippen LogP contribution in [0.3, 0.4) is 0 Å². The molecule has 3 fully saturated rings. The number of fused-ring (bicyclic) bond motifs is 5. The second-order valence-electron chi connectivity index (χ2n) is 8.91. The minimum absolute atomic E-state index is 0.0714. The fourth-order valence-electron chi connectivity index (χ4n) is 5.32. The van der Waals surface area contributed by atoms with Gasteiger partial charge in [0.05, 0.1) is 11.8 Å². The molecule has 3 aliphatic rings. The molecule has 6 atom stereocenters. The van der Waals surface area contributed by atoms with Gasteiger partial charge >= 0.3 is 5.97 Å². The number of alkyl halides is 2. The number of nitrogens with zero attached hydrogens (tertiary/aromatic N) is 1. The zero-order chi connectivity index (χ0) is 24.7. The highest BCUT2D eigenvalue weighted by molar-refractivity contribution is 9.12. The van der Waals surface area contributed by atoms with Crippen LogP contribution in [0.25, 0.3) is 0 Å². The standard InChI is InChI=1S/C25H22Br2N2O6/c26-22-16-10-17(23(22)27)21-20(16)24(32)29(25(21)33)11-19(31)34-12-18(30)28-13-6-8-15(9-7-13)35-14-4-2-1-3-5-14/h1-9,16-17,20-23H,10-12H2,(H,28,30)/t16-,17-,20-,21+,22+,23+/m1/s1. The molecule has 0 aromatic heterocycles. The lowest BCUT2D eigenvalue weighted by molar-refractivity contribution is -0.154. The molecule has 2 aliphatic carbocycles. The van der Waals surface area contributed by atoms with Crippen molar-refractivity contribution >= 4 is 61.2 Å². The van der Waals surface area contributed by atoms with E-state index in [1.807, 2.05) is 30.3 Å². The molecular weight excluding hydrogens is 584 g/mol. The Labute approximate surface area is 218 Å². The van der Waals surface area contributed by atoms with Gasteiger partial charge in [-0.15, -0.1) is 0 Å². The number of rotatable bonds is 7. The maximum absolute atomic E-state index is 12.9. The quantitative estimate of drug-likeness (QED) is 0.293.